The molecule has 0 amide bonds. The van der Waals surface area contributed by atoms with E-state index in [0.717, 1.165) is 27.1 Å². The Morgan fingerprint density at radius 1 is 0.500 bits per heavy atom. The van der Waals surface area contributed by atoms with E-state index < -0.39 is 0 Å². The first-order valence-corrected chi connectivity index (χ1v) is 43.0. The van der Waals surface area contributed by atoms with Crippen molar-refractivity contribution in [1.82, 2.24) is 0 Å². The van der Waals surface area contributed by atoms with E-state index in [1.807, 2.05) is 47.0 Å². The zero-order valence-electron chi connectivity index (χ0n) is 62.5. The molecule has 15 heteroatoms. The van der Waals surface area contributed by atoms with Gasteiger partial charge in [-0.3, -0.25) is 10.5 Å². The van der Waals surface area contributed by atoms with E-state index in [1.54, 1.807) is 16.0 Å². The Morgan fingerprint density at radius 3 is 1.35 bits per heavy atom. The number of aryl methyl sites for hydroxylation is 9. The molecule has 0 atom stereocenters. The van der Waals surface area contributed by atoms with Gasteiger partial charge in [-0.25, -0.2) is 9.78 Å². The number of benzene rings is 6. The smallest absolute Gasteiger partial charge is 0.107 e. The number of thioether (sulfide) groups is 4. The van der Waals surface area contributed by atoms with Crippen molar-refractivity contribution in [2.75, 3.05) is 28.3 Å². The minimum Gasteiger partial charge on any atom is -0.412 e. The summed E-state index contributed by atoms with van der Waals surface area (Å²) >= 11 is 24.6. The average molecular weight is 1670 g/mol. The third-order valence-electron chi connectivity index (χ3n) is 18.3. The topological polar surface area (TPSA) is 122 Å². The van der Waals surface area contributed by atoms with Crippen LogP contribution in [0.25, 0.3) is 0 Å². The van der Waals surface area contributed by atoms with E-state index in [2.05, 4.69) is 328 Å². The highest BCUT2D eigenvalue weighted by molar-refractivity contribution is 9.93. The van der Waals surface area contributed by atoms with Crippen molar-refractivity contribution < 1.29 is 31.2 Å². The molecule has 0 fully saturated rings. The summed E-state index contributed by atoms with van der Waals surface area (Å²) in [5.41, 5.74) is 29.9. The van der Waals surface area contributed by atoms with Gasteiger partial charge < -0.3 is 11.0 Å². The lowest BCUT2D eigenvalue weighted by atomic mass is 9.69. The van der Waals surface area contributed by atoms with Crippen molar-refractivity contribution in [3.8, 4) is 0 Å². The average Bonchev–Trinajstić information content (AvgIpc) is 0.787. The second-order valence-corrected chi connectivity index (χ2v) is 35.1. The molecule has 0 unspecified atom stereocenters. The molecule has 3 heterocycles. The Morgan fingerprint density at radius 2 is 0.906 bits per heavy atom. The van der Waals surface area contributed by atoms with Gasteiger partial charge in [-0.2, -0.15) is 0 Å². The van der Waals surface area contributed by atoms with Gasteiger partial charge >= 0.3 is 0 Å². The molecule has 536 valence electrons. The highest BCUT2D eigenvalue weighted by atomic mass is 80.9. The molecule has 10 rings (SSSR count). The first-order chi connectivity index (χ1) is 44.0. The molecular weight excluding hydrogens is 1550 g/mol. The fourth-order valence-corrected chi connectivity index (χ4v) is 20.5. The third-order valence-corrected chi connectivity index (χ3v) is 24.7. The fraction of sp³-hybridized carbons (Fsp3) is 0.506. The van der Waals surface area contributed by atoms with Crippen LogP contribution in [0.3, 0.4) is 0 Å². The lowest BCUT2D eigenvalue weighted by Crippen LogP contribution is -2.26. The molecular formula is C81H118Br4O6S5. The monoisotopic (exact) mass is 1660 g/mol. The van der Waals surface area contributed by atoms with Crippen LogP contribution in [-0.4, -0.2) is 49.8 Å². The van der Waals surface area contributed by atoms with Crippen LogP contribution in [0.2, 0.25) is 0 Å². The van der Waals surface area contributed by atoms with Crippen LogP contribution < -0.4 is 0 Å². The molecule has 6 nitrogen and oxygen atoms in total. The number of fused-ring (bicyclic) bond motifs is 4. The number of hydrogen-bond acceptors (Lipinski definition) is 9. The Bertz CT molecular complexity index is 3430. The number of alkyl halides is 1. The number of halogens is 4. The second kappa shape index (κ2) is 43.4. The summed E-state index contributed by atoms with van der Waals surface area (Å²) in [5.74, 6) is 4.79. The normalized spacial score (nSPS) is 15.0. The summed E-state index contributed by atoms with van der Waals surface area (Å²) in [7, 11) is 0. The van der Waals surface area contributed by atoms with Gasteiger partial charge in [-0.05, 0) is 301 Å². The first-order valence-electron chi connectivity index (χ1n) is 33.0. The molecule has 4 aliphatic rings. The van der Waals surface area contributed by atoms with Gasteiger partial charge in [0.05, 0.1) is 0 Å². The number of rotatable bonds is 8. The largest absolute Gasteiger partial charge is 0.412 e. The summed E-state index contributed by atoms with van der Waals surface area (Å²) in [5, 5.41) is 18.3. The van der Waals surface area contributed by atoms with Crippen molar-refractivity contribution >= 4 is 120 Å². The van der Waals surface area contributed by atoms with E-state index in [4.69, 9.17) is 10.5 Å². The molecule has 6 aromatic carbocycles. The second-order valence-electron chi connectivity index (χ2n) is 28.7. The van der Waals surface area contributed by atoms with Crippen LogP contribution >= 0.6 is 120 Å². The Balaban J connectivity index is 0.000000565. The zero-order chi connectivity index (χ0) is 71.2. The summed E-state index contributed by atoms with van der Waals surface area (Å²) in [6.45, 7) is 53.7. The number of allylic oxidation sites excluding steroid dienone is 3. The summed E-state index contributed by atoms with van der Waals surface area (Å²) < 4.78 is 1.26. The number of hydrogen-bond donors (Lipinski definition) is 3. The molecule has 0 saturated carbocycles. The van der Waals surface area contributed by atoms with Crippen LogP contribution in [0.5, 0.6) is 0 Å². The molecule has 1 aliphatic carbocycles. The maximum Gasteiger partial charge on any atom is 0.107 e. The van der Waals surface area contributed by atoms with Crippen molar-refractivity contribution in [2.24, 2.45) is 0 Å². The Labute approximate surface area is 637 Å². The van der Waals surface area contributed by atoms with Crippen LogP contribution in [0.1, 0.15) is 221 Å². The van der Waals surface area contributed by atoms with Gasteiger partial charge in [-0.1, -0.05) is 170 Å². The maximum absolute atomic E-state index is 8.67. The summed E-state index contributed by atoms with van der Waals surface area (Å²) in [6, 6.07) is 23.9. The van der Waals surface area contributed by atoms with Gasteiger partial charge in [0.25, 0.3) is 0 Å². The van der Waals surface area contributed by atoms with Crippen LogP contribution in [-0.2, 0) is 51.1 Å². The molecule has 0 aromatic heterocycles. The molecule has 0 bridgehead atoms. The molecule has 6 aromatic rings. The minimum absolute atomic E-state index is 0. The quantitative estimate of drug-likeness (QED) is 0.0344. The predicted molar refractivity (Wildman–Crippen MR) is 445 cm³/mol. The lowest BCUT2D eigenvalue weighted by molar-refractivity contribution is -0.253. The predicted octanol–water partition coefficient (Wildman–Crippen LogP) is 26.2. The molecule has 0 spiro atoms. The Hall–Kier alpha value is -1.77. The third kappa shape index (κ3) is 27.1. The Kier molecular flexibility index (Phi) is 41.7. The molecule has 0 radical (unpaired) electrons. The van der Waals surface area contributed by atoms with E-state index in [1.165, 1.54) is 170 Å². The SMILES string of the molecule is BrBr.CC(C)=CCBr.CC(C)=CCSc1cc(C)ccc1C.Cc1cc(Br)c(C)c2c1SCCC2(C)C.Cc1cc(COO)c(C)c2c1CCCC2(C)C.Cc1cc(COO)c(C)c2c1SCCC2(C)C.Cc1ccc(C)c(S)c1.Cc1ccc(C)c2c1SCCC2(C)C.O.O. The van der Waals surface area contributed by atoms with Gasteiger partial charge in [0.2, 0.25) is 0 Å². The van der Waals surface area contributed by atoms with E-state index in [0.29, 0.717) is 10.8 Å². The molecule has 0 saturated heterocycles. The zero-order valence-corrected chi connectivity index (χ0v) is 73.0. The van der Waals surface area contributed by atoms with Crippen molar-refractivity contribution in [3.05, 3.63) is 200 Å². The van der Waals surface area contributed by atoms with E-state index in [9.17, 15) is 0 Å². The maximum atomic E-state index is 8.67. The lowest BCUT2D eigenvalue weighted by Gasteiger charge is -2.36. The summed E-state index contributed by atoms with van der Waals surface area (Å²) in [4.78, 5) is 15.6. The van der Waals surface area contributed by atoms with Crippen molar-refractivity contribution in [3.63, 3.8) is 0 Å². The molecule has 96 heavy (non-hydrogen) atoms. The van der Waals surface area contributed by atoms with Gasteiger partial charge in [0, 0.05) is 68.3 Å². The van der Waals surface area contributed by atoms with Crippen LogP contribution in [0.15, 0.2) is 119 Å². The standard InChI is InChI=1S/C15H22O2.C14H20O2S.C13H17BrS.2C13H18S.C8H10S.C5H9Br.Br2.2H2O/c1-10-8-12(9-17-16)11(2)14-13(10)6-5-7-15(14,3)4;1-9-7-11(8-16-15)10(2)12-13(9)17-6-5-14(12,3)4;1-8-7-10(14)9(2)11-12(8)15-6-5-13(11,3)4;1-9-5-6-10(2)12-11(9)13(3,4)7-8-14-12;1-10(2)7-8-14-13-9-11(3)5-6-12(13)4;1-6-3-4-7(2)8(9)5-6;1-5(2)3-4-6;1-2;;/h8,16H,5-7,9H2,1-4H3;7,15H,5-6,8H2,1-4H3;7H,5-6H2,1-4H3;5-6H,7-8H2,1-4H3;5-7,9H,8H2,1-4H3;3-5,9H,1-2H3;3H,4H2,1-2H3;;2*1H2. The first kappa shape index (κ1) is 92.2. The summed E-state index contributed by atoms with van der Waals surface area (Å²) in [6.07, 6.45) is 11.9. The number of thiol groups is 1. The van der Waals surface area contributed by atoms with Crippen molar-refractivity contribution in [1.29, 1.82) is 0 Å². The van der Waals surface area contributed by atoms with Crippen LogP contribution in [0, 0.1) is 83.1 Å². The van der Waals surface area contributed by atoms with E-state index in [-0.39, 0.29) is 35.0 Å². The van der Waals surface area contributed by atoms with Gasteiger partial charge in [0.1, 0.15) is 13.2 Å². The minimum atomic E-state index is 0. The van der Waals surface area contributed by atoms with Crippen LogP contribution in [0.4, 0.5) is 0 Å². The molecule has 6 N–H and O–H groups in total. The van der Waals surface area contributed by atoms with Crippen molar-refractivity contribution in [2.45, 2.75) is 264 Å². The van der Waals surface area contributed by atoms with Gasteiger partial charge in [-0.15, -0.1) is 59.7 Å². The van der Waals surface area contributed by atoms with Gasteiger partial charge in [0.15, 0.2) is 0 Å². The molecule has 3 aliphatic heterocycles. The van der Waals surface area contributed by atoms with E-state index >= 15 is 0 Å². The highest BCUT2D eigenvalue weighted by Gasteiger charge is 2.34. The fourth-order valence-electron chi connectivity index (χ4n) is 12.8. The highest BCUT2D eigenvalue weighted by Crippen LogP contribution is 2.49.